The number of hydrogen-bond acceptors (Lipinski definition) is 4. The molecule has 2 N–H and O–H groups in total. The number of benzene rings is 2. The molecule has 3 rings (SSSR count). The van der Waals surface area contributed by atoms with E-state index < -0.39 is 0 Å². The van der Waals surface area contributed by atoms with E-state index in [4.69, 9.17) is 4.42 Å². The van der Waals surface area contributed by atoms with Gasteiger partial charge in [0.05, 0.1) is 12.1 Å². The third-order valence-corrected chi connectivity index (χ3v) is 3.57. The molecule has 6 heteroatoms. The van der Waals surface area contributed by atoms with E-state index in [0.717, 1.165) is 5.56 Å². The van der Waals surface area contributed by atoms with Crippen LogP contribution in [0.2, 0.25) is 0 Å². The smallest absolute Gasteiger partial charge is 0.251 e. The molecule has 0 aliphatic heterocycles. The number of hydrogen-bond donors (Lipinski definition) is 2. The molecule has 0 saturated heterocycles. The highest BCUT2D eigenvalue weighted by molar-refractivity contribution is 5.95. The highest BCUT2D eigenvalue weighted by Crippen LogP contribution is 2.18. The number of amides is 2. The van der Waals surface area contributed by atoms with Gasteiger partial charge in [-0.2, -0.15) is 0 Å². The molecule has 1 aromatic heterocycles. The Balaban J connectivity index is 1.61. The van der Waals surface area contributed by atoms with Gasteiger partial charge >= 0.3 is 0 Å². The summed E-state index contributed by atoms with van der Waals surface area (Å²) < 4.78 is 5.42. The highest BCUT2D eigenvalue weighted by Gasteiger charge is 2.11. The maximum atomic E-state index is 12.1. The van der Waals surface area contributed by atoms with Gasteiger partial charge in [-0.15, -0.1) is 0 Å². The van der Waals surface area contributed by atoms with E-state index >= 15 is 0 Å². The first-order valence-corrected chi connectivity index (χ1v) is 7.77. The molecule has 3 aromatic rings. The molecule has 0 radical (unpaired) electrons. The van der Waals surface area contributed by atoms with Crippen LogP contribution in [0, 0.1) is 0 Å². The molecule has 0 aliphatic rings. The fraction of sp³-hybridized carbons (Fsp3) is 0.105. The Labute approximate surface area is 144 Å². The SMILES string of the molecule is CNC(=O)c1ccc(NC(=O)Cc2coc(-c3ccccc3)n2)cc1. The summed E-state index contributed by atoms with van der Waals surface area (Å²) in [5, 5.41) is 5.32. The Kier molecular flexibility index (Phi) is 4.89. The Morgan fingerprint density at radius 1 is 1.04 bits per heavy atom. The van der Waals surface area contributed by atoms with Crippen molar-refractivity contribution in [2.75, 3.05) is 12.4 Å². The average molecular weight is 335 g/mol. The van der Waals surface area contributed by atoms with Gasteiger partial charge < -0.3 is 15.1 Å². The number of carbonyl (C=O) groups is 2. The van der Waals surface area contributed by atoms with Gasteiger partial charge in [-0.3, -0.25) is 9.59 Å². The lowest BCUT2D eigenvalue weighted by molar-refractivity contribution is -0.115. The normalized spacial score (nSPS) is 10.3. The molecule has 0 aliphatic carbocycles. The van der Waals surface area contributed by atoms with Gasteiger partial charge in [-0.05, 0) is 36.4 Å². The molecule has 6 nitrogen and oxygen atoms in total. The van der Waals surface area contributed by atoms with Crippen molar-refractivity contribution in [1.29, 1.82) is 0 Å². The van der Waals surface area contributed by atoms with E-state index in [2.05, 4.69) is 15.6 Å². The third-order valence-electron chi connectivity index (χ3n) is 3.57. The molecule has 126 valence electrons. The minimum Gasteiger partial charge on any atom is -0.444 e. The summed E-state index contributed by atoms with van der Waals surface area (Å²) in [5.41, 5.74) is 2.56. The fourth-order valence-electron chi connectivity index (χ4n) is 2.32. The van der Waals surface area contributed by atoms with E-state index in [0.29, 0.717) is 22.8 Å². The number of oxazole rings is 1. The highest BCUT2D eigenvalue weighted by atomic mass is 16.3. The Morgan fingerprint density at radius 3 is 2.44 bits per heavy atom. The first-order valence-electron chi connectivity index (χ1n) is 7.77. The molecule has 0 fully saturated rings. The predicted molar refractivity (Wildman–Crippen MR) is 94.1 cm³/mol. The zero-order valence-corrected chi connectivity index (χ0v) is 13.7. The number of aromatic nitrogens is 1. The van der Waals surface area contributed by atoms with Gasteiger partial charge in [-0.25, -0.2) is 4.98 Å². The van der Waals surface area contributed by atoms with Gasteiger partial charge in [0.15, 0.2) is 0 Å². The minimum absolute atomic E-state index is 0.105. The fourth-order valence-corrected chi connectivity index (χ4v) is 2.32. The maximum Gasteiger partial charge on any atom is 0.251 e. The molecular formula is C19H17N3O3. The van der Waals surface area contributed by atoms with E-state index in [9.17, 15) is 9.59 Å². The lowest BCUT2D eigenvalue weighted by Gasteiger charge is -2.05. The first-order chi connectivity index (χ1) is 12.2. The number of nitrogens with one attached hydrogen (secondary N) is 2. The van der Waals surface area contributed by atoms with Gasteiger partial charge in [0.1, 0.15) is 6.26 Å². The van der Waals surface area contributed by atoms with Crippen LogP contribution in [0.5, 0.6) is 0 Å². The van der Waals surface area contributed by atoms with Crippen LogP contribution in [0.15, 0.2) is 65.3 Å². The molecule has 0 bridgehead atoms. The minimum atomic E-state index is -0.208. The maximum absolute atomic E-state index is 12.1. The number of nitrogens with zero attached hydrogens (tertiary/aromatic N) is 1. The van der Waals surface area contributed by atoms with Gasteiger partial charge in [0.2, 0.25) is 11.8 Å². The van der Waals surface area contributed by atoms with Crippen LogP contribution in [0.1, 0.15) is 16.1 Å². The summed E-state index contributed by atoms with van der Waals surface area (Å²) in [7, 11) is 1.57. The van der Waals surface area contributed by atoms with Crippen molar-refractivity contribution >= 4 is 17.5 Å². The van der Waals surface area contributed by atoms with Crippen LogP contribution in [-0.4, -0.2) is 23.8 Å². The lowest BCUT2D eigenvalue weighted by atomic mass is 10.2. The van der Waals surface area contributed by atoms with E-state index in [1.54, 1.807) is 31.3 Å². The molecule has 0 spiro atoms. The van der Waals surface area contributed by atoms with Crippen LogP contribution in [0.3, 0.4) is 0 Å². The molecule has 1 heterocycles. The third kappa shape index (κ3) is 4.11. The summed E-state index contributed by atoms with van der Waals surface area (Å²) in [4.78, 5) is 28.0. The van der Waals surface area contributed by atoms with Crippen molar-refractivity contribution in [1.82, 2.24) is 10.3 Å². The topological polar surface area (TPSA) is 84.2 Å². The van der Waals surface area contributed by atoms with Crippen LogP contribution >= 0.6 is 0 Å². The average Bonchev–Trinajstić information content (AvgIpc) is 3.10. The summed E-state index contributed by atoms with van der Waals surface area (Å²) in [5.74, 6) is 0.104. The summed E-state index contributed by atoms with van der Waals surface area (Å²) in [6.45, 7) is 0. The molecule has 0 atom stereocenters. The largest absolute Gasteiger partial charge is 0.444 e. The Hall–Kier alpha value is -3.41. The molecule has 2 amide bonds. The van der Waals surface area contributed by atoms with Gasteiger partial charge in [-0.1, -0.05) is 18.2 Å². The zero-order valence-electron chi connectivity index (χ0n) is 13.7. The number of carbonyl (C=O) groups excluding carboxylic acids is 2. The second kappa shape index (κ2) is 7.44. The Morgan fingerprint density at radius 2 is 1.76 bits per heavy atom. The van der Waals surface area contributed by atoms with E-state index in [-0.39, 0.29) is 18.2 Å². The van der Waals surface area contributed by atoms with E-state index in [1.807, 2.05) is 30.3 Å². The first kappa shape index (κ1) is 16.4. The number of anilines is 1. The predicted octanol–water partition coefficient (Wildman–Crippen LogP) is 2.88. The summed E-state index contributed by atoms with van der Waals surface area (Å²) >= 11 is 0. The monoisotopic (exact) mass is 335 g/mol. The molecule has 0 unspecified atom stereocenters. The van der Waals surface area contributed by atoms with Gasteiger partial charge in [0, 0.05) is 23.9 Å². The molecular weight excluding hydrogens is 318 g/mol. The number of rotatable bonds is 5. The van der Waals surface area contributed by atoms with Crippen LogP contribution in [-0.2, 0) is 11.2 Å². The summed E-state index contributed by atoms with van der Waals surface area (Å²) in [6.07, 6.45) is 1.59. The second-order valence-corrected chi connectivity index (χ2v) is 5.39. The zero-order chi connectivity index (χ0) is 17.6. The Bertz CT molecular complexity index is 870. The second-order valence-electron chi connectivity index (χ2n) is 5.39. The van der Waals surface area contributed by atoms with Gasteiger partial charge in [0.25, 0.3) is 5.91 Å². The standard InChI is InChI=1S/C19H17N3O3/c1-20-18(24)13-7-9-15(10-8-13)21-17(23)11-16-12-25-19(22-16)14-5-3-2-4-6-14/h2-10,12H,11H2,1H3,(H,20,24)(H,21,23). The molecule has 0 saturated carbocycles. The van der Waals surface area contributed by atoms with Crippen molar-refractivity contribution in [3.63, 3.8) is 0 Å². The summed E-state index contributed by atoms with van der Waals surface area (Å²) in [6, 6.07) is 16.2. The van der Waals surface area contributed by atoms with Crippen LogP contribution < -0.4 is 10.6 Å². The quantitative estimate of drug-likeness (QED) is 0.751. The molecule has 2 aromatic carbocycles. The van der Waals surface area contributed by atoms with Crippen molar-refractivity contribution in [2.24, 2.45) is 0 Å². The van der Waals surface area contributed by atoms with Crippen molar-refractivity contribution < 1.29 is 14.0 Å². The lowest BCUT2D eigenvalue weighted by Crippen LogP contribution is -2.18. The molecule has 25 heavy (non-hydrogen) atoms. The van der Waals surface area contributed by atoms with Crippen molar-refractivity contribution in [2.45, 2.75) is 6.42 Å². The van der Waals surface area contributed by atoms with Crippen molar-refractivity contribution in [3.05, 3.63) is 72.1 Å². The van der Waals surface area contributed by atoms with E-state index in [1.165, 1.54) is 6.26 Å². The van der Waals surface area contributed by atoms with Crippen LogP contribution in [0.4, 0.5) is 5.69 Å². The van der Waals surface area contributed by atoms with Crippen molar-refractivity contribution in [3.8, 4) is 11.5 Å². The van der Waals surface area contributed by atoms with Crippen LogP contribution in [0.25, 0.3) is 11.5 Å².